The highest BCUT2D eigenvalue weighted by Gasteiger charge is 2.32. The van der Waals surface area contributed by atoms with Crippen LogP contribution in [0.1, 0.15) is 43.5 Å². The Morgan fingerprint density at radius 3 is 2.91 bits per heavy atom. The second-order valence-corrected chi connectivity index (χ2v) is 6.12. The average Bonchev–Trinajstić information content (AvgIpc) is 2.79. The van der Waals surface area contributed by atoms with E-state index >= 15 is 0 Å². The fourth-order valence-corrected chi connectivity index (χ4v) is 3.12. The summed E-state index contributed by atoms with van der Waals surface area (Å²) < 4.78 is 7.19. The molecule has 0 aromatic carbocycles. The van der Waals surface area contributed by atoms with Crippen LogP contribution in [0.2, 0.25) is 0 Å². The molecule has 1 amide bonds. The van der Waals surface area contributed by atoms with Gasteiger partial charge in [0.25, 0.3) is 0 Å². The van der Waals surface area contributed by atoms with E-state index < -0.39 is 6.10 Å². The minimum Gasteiger partial charge on any atom is -0.388 e. The SMILES string of the molecule is CO[C@@H]1CCC[C@@H](NC(=O)CCCn2nc(C)cc2C)[C@H]1O. The summed E-state index contributed by atoms with van der Waals surface area (Å²) in [5.74, 6) is -0.0117. The van der Waals surface area contributed by atoms with Gasteiger partial charge in [0, 0.05) is 25.8 Å². The summed E-state index contributed by atoms with van der Waals surface area (Å²) in [4.78, 5) is 12.0. The van der Waals surface area contributed by atoms with Crippen molar-refractivity contribution in [1.82, 2.24) is 15.1 Å². The van der Waals surface area contributed by atoms with E-state index in [0.29, 0.717) is 6.42 Å². The average molecular weight is 309 g/mol. The summed E-state index contributed by atoms with van der Waals surface area (Å²) in [6.07, 6.45) is 3.02. The lowest BCUT2D eigenvalue weighted by Gasteiger charge is -2.34. The standard InChI is InChI=1S/C16H27N3O3/c1-11-10-12(2)19(18-11)9-5-8-15(20)17-13-6-4-7-14(22-3)16(13)21/h10,13-14,16,21H,4-9H2,1-3H3,(H,17,20)/t13-,14-,16-/m1/s1. The molecule has 1 heterocycles. The van der Waals surface area contributed by atoms with Gasteiger partial charge in [0.2, 0.25) is 5.91 Å². The van der Waals surface area contributed by atoms with Crippen molar-refractivity contribution in [3.05, 3.63) is 17.5 Å². The van der Waals surface area contributed by atoms with Crippen LogP contribution in [0, 0.1) is 13.8 Å². The van der Waals surface area contributed by atoms with Gasteiger partial charge < -0.3 is 15.2 Å². The van der Waals surface area contributed by atoms with E-state index in [9.17, 15) is 9.90 Å². The van der Waals surface area contributed by atoms with E-state index in [1.54, 1.807) is 7.11 Å². The van der Waals surface area contributed by atoms with Crippen molar-refractivity contribution in [2.24, 2.45) is 0 Å². The zero-order valence-electron chi connectivity index (χ0n) is 13.7. The molecule has 1 saturated carbocycles. The van der Waals surface area contributed by atoms with Crippen LogP contribution in [0.5, 0.6) is 0 Å². The molecule has 1 aromatic rings. The minimum absolute atomic E-state index is 0.0117. The van der Waals surface area contributed by atoms with Gasteiger partial charge in [-0.1, -0.05) is 0 Å². The van der Waals surface area contributed by atoms with Crippen LogP contribution in [0.3, 0.4) is 0 Å². The highest BCUT2D eigenvalue weighted by atomic mass is 16.5. The first-order valence-electron chi connectivity index (χ1n) is 8.02. The van der Waals surface area contributed by atoms with Crippen LogP contribution in [0.4, 0.5) is 0 Å². The minimum atomic E-state index is -0.612. The number of methoxy groups -OCH3 is 1. The predicted molar refractivity (Wildman–Crippen MR) is 83.5 cm³/mol. The number of nitrogens with zero attached hydrogens (tertiary/aromatic N) is 2. The molecule has 3 atom stereocenters. The molecule has 6 heteroatoms. The van der Waals surface area contributed by atoms with Crippen molar-refractivity contribution in [3.63, 3.8) is 0 Å². The molecule has 1 aromatic heterocycles. The van der Waals surface area contributed by atoms with Gasteiger partial charge in [0.05, 0.1) is 17.8 Å². The van der Waals surface area contributed by atoms with E-state index in [2.05, 4.69) is 10.4 Å². The summed E-state index contributed by atoms with van der Waals surface area (Å²) in [7, 11) is 1.60. The van der Waals surface area contributed by atoms with Crippen LogP contribution in [0.25, 0.3) is 0 Å². The summed E-state index contributed by atoms with van der Waals surface area (Å²) in [5, 5.41) is 17.5. The number of nitrogens with one attached hydrogen (secondary N) is 1. The topological polar surface area (TPSA) is 76.4 Å². The Kier molecular flexibility index (Phi) is 5.97. The Bertz CT molecular complexity index is 501. The number of hydrogen-bond donors (Lipinski definition) is 2. The maximum absolute atomic E-state index is 12.0. The number of rotatable bonds is 6. The first kappa shape index (κ1) is 17.0. The summed E-state index contributed by atoms with van der Waals surface area (Å²) >= 11 is 0. The zero-order chi connectivity index (χ0) is 16.1. The number of amides is 1. The molecular weight excluding hydrogens is 282 g/mol. The van der Waals surface area contributed by atoms with Gasteiger partial charge in [0.1, 0.15) is 6.10 Å². The first-order valence-corrected chi connectivity index (χ1v) is 8.02. The lowest BCUT2D eigenvalue weighted by Crippen LogP contribution is -2.51. The van der Waals surface area contributed by atoms with Crippen molar-refractivity contribution < 1.29 is 14.6 Å². The number of hydrogen-bond acceptors (Lipinski definition) is 4. The monoisotopic (exact) mass is 309 g/mol. The van der Waals surface area contributed by atoms with Crippen molar-refractivity contribution in [3.8, 4) is 0 Å². The Morgan fingerprint density at radius 1 is 1.50 bits per heavy atom. The number of ether oxygens (including phenoxy) is 1. The highest BCUT2D eigenvalue weighted by Crippen LogP contribution is 2.21. The van der Waals surface area contributed by atoms with E-state index in [0.717, 1.165) is 43.6 Å². The molecule has 0 spiro atoms. The molecule has 0 aliphatic heterocycles. The van der Waals surface area contributed by atoms with Crippen LogP contribution >= 0.6 is 0 Å². The Labute approximate surface area is 131 Å². The Hall–Kier alpha value is -1.40. The largest absolute Gasteiger partial charge is 0.388 e. The fraction of sp³-hybridized carbons (Fsp3) is 0.750. The van der Waals surface area contributed by atoms with Crippen molar-refractivity contribution in [2.75, 3.05) is 7.11 Å². The third-order valence-corrected chi connectivity index (χ3v) is 4.32. The predicted octanol–water partition coefficient (Wildman–Crippen LogP) is 1.32. The molecule has 0 radical (unpaired) electrons. The van der Waals surface area contributed by atoms with Crippen LogP contribution in [-0.2, 0) is 16.1 Å². The zero-order valence-corrected chi connectivity index (χ0v) is 13.7. The molecule has 2 N–H and O–H groups in total. The van der Waals surface area contributed by atoms with E-state index in [4.69, 9.17) is 4.74 Å². The van der Waals surface area contributed by atoms with Gasteiger partial charge in [0.15, 0.2) is 0 Å². The molecule has 2 rings (SSSR count). The fourth-order valence-electron chi connectivity index (χ4n) is 3.12. The van der Waals surface area contributed by atoms with Crippen LogP contribution in [0.15, 0.2) is 6.07 Å². The molecule has 0 unspecified atom stereocenters. The molecule has 0 bridgehead atoms. The van der Waals surface area contributed by atoms with Gasteiger partial charge in [-0.05, 0) is 45.6 Å². The van der Waals surface area contributed by atoms with E-state index in [-0.39, 0.29) is 18.1 Å². The number of aliphatic hydroxyl groups excluding tert-OH is 1. The van der Waals surface area contributed by atoms with Crippen LogP contribution < -0.4 is 5.32 Å². The molecule has 1 aliphatic carbocycles. The summed E-state index contributed by atoms with van der Waals surface area (Å²) in [6.45, 7) is 4.72. The molecule has 1 fully saturated rings. The molecule has 1 aliphatic rings. The van der Waals surface area contributed by atoms with Crippen molar-refractivity contribution in [2.45, 2.75) is 70.7 Å². The lowest BCUT2D eigenvalue weighted by molar-refractivity contribution is -0.125. The van der Waals surface area contributed by atoms with Gasteiger partial charge >= 0.3 is 0 Å². The number of aromatic nitrogens is 2. The Balaban J connectivity index is 1.74. The second-order valence-electron chi connectivity index (χ2n) is 6.12. The second kappa shape index (κ2) is 7.74. The smallest absolute Gasteiger partial charge is 0.220 e. The summed E-state index contributed by atoms with van der Waals surface area (Å²) in [5.41, 5.74) is 2.11. The van der Waals surface area contributed by atoms with E-state index in [1.165, 1.54) is 0 Å². The molecular formula is C16H27N3O3. The van der Waals surface area contributed by atoms with Crippen LogP contribution in [-0.4, -0.2) is 46.2 Å². The van der Waals surface area contributed by atoms with Gasteiger partial charge in [-0.25, -0.2) is 0 Å². The van der Waals surface area contributed by atoms with Gasteiger partial charge in [-0.15, -0.1) is 0 Å². The molecule has 22 heavy (non-hydrogen) atoms. The number of carbonyl (C=O) groups excluding carboxylic acids is 1. The lowest BCUT2D eigenvalue weighted by atomic mass is 9.90. The first-order chi connectivity index (χ1) is 10.5. The third-order valence-electron chi connectivity index (χ3n) is 4.32. The third kappa shape index (κ3) is 4.30. The van der Waals surface area contributed by atoms with Gasteiger partial charge in [-0.3, -0.25) is 9.48 Å². The maximum atomic E-state index is 12.0. The number of carbonyl (C=O) groups is 1. The molecule has 0 saturated heterocycles. The van der Waals surface area contributed by atoms with Crippen molar-refractivity contribution in [1.29, 1.82) is 0 Å². The summed E-state index contributed by atoms with van der Waals surface area (Å²) in [6, 6.07) is 1.84. The number of aryl methyl sites for hydroxylation is 3. The van der Waals surface area contributed by atoms with Gasteiger partial charge in [-0.2, -0.15) is 5.10 Å². The number of aliphatic hydroxyl groups is 1. The highest BCUT2D eigenvalue weighted by molar-refractivity contribution is 5.76. The molecule has 6 nitrogen and oxygen atoms in total. The normalized spacial score (nSPS) is 25.2. The quantitative estimate of drug-likeness (QED) is 0.831. The van der Waals surface area contributed by atoms with E-state index in [1.807, 2.05) is 24.6 Å². The van der Waals surface area contributed by atoms with Crippen molar-refractivity contribution >= 4 is 5.91 Å². The maximum Gasteiger partial charge on any atom is 0.220 e. The molecule has 124 valence electrons. The Morgan fingerprint density at radius 2 is 2.27 bits per heavy atom.